The third kappa shape index (κ3) is 2.57. The molecule has 140 valence electrons. The Bertz CT molecular complexity index is 1100. The molecule has 0 saturated heterocycles. The number of nitrogens with zero attached hydrogens (tertiary/aromatic N) is 3. The van der Waals surface area contributed by atoms with Crippen molar-refractivity contribution in [3.8, 4) is 0 Å². The van der Waals surface area contributed by atoms with Gasteiger partial charge in [-0.2, -0.15) is 0 Å². The molecule has 27 heavy (non-hydrogen) atoms. The fraction of sp³-hybridized carbons (Fsp3) is 0.391. The summed E-state index contributed by atoms with van der Waals surface area (Å²) in [7, 11) is 2.14. The van der Waals surface area contributed by atoms with Crippen molar-refractivity contribution >= 4 is 29.5 Å². The summed E-state index contributed by atoms with van der Waals surface area (Å²) in [6.07, 6.45) is -0.302. The number of hydrogen-bond donors (Lipinski definition) is 0. The van der Waals surface area contributed by atoms with Gasteiger partial charge in [-0.25, -0.2) is 0 Å². The molecule has 1 atom stereocenters. The second kappa shape index (κ2) is 6.08. The molecule has 0 spiro atoms. The van der Waals surface area contributed by atoms with E-state index in [2.05, 4.69) is 68.6 Å². The van der Waals surface area contributed by atoms with Gasteiger partial charge in [-0.05, 0) is 48.9 Å². The molecule has 3 nitrogen and oxygen atoms in total. The molecular weight excluding hydrogens is 329 g/mol. The highest BCUT2D eigenvalue weighted by molar-refractivity contribution is 6.79. The third-order valence-corrected chi connectivity index (χ3v) is 5.88. The Hall–Kier alpha value is -2.36. The molecule has 2 aliphatic heterocycles. The second-order valence-electron chi connectivity index (χ2n) is 8.71. The van der Waals surface area contributed by atoms with Crippen LogP contribution in [-0.4, -0.2) is 32.0 Å². The van der Waals surface area contributed by atoms with Crippen molar-refractivity contribution in [3.63, 3.8) is 0 Å². The van der Waals surface area contributed by atoms with E-state index in [4.69, 9.17) is 4.11 Å². The van der Waals surface area contributed by atoms with Gasteiger partial charge in [0.25, 0.3) is 0 Å². The first-order valence-corrected chi connectivity index (χ1v) is 9.65. The van der Waals surface area contributed by atoms with Gasteiger partial charge in [-0.3, -0.25) is 0 Å². The zero-order chi connectivity index (χ0) is 22.0. The molecular formula is C23H30BN3. The maximum absolute atomic E-state index is 8.16. The quantitative estimate of drug-likeness (QED) is 0.721. The third-order valence-electron chi connectivity index (χ3n) is 5.88. The topological polar surface area (TPSA) is 9.72 Å². The van der Waals surface area contributed by atoms with Crippen LogP contribution in [0.5, 0.6) is 0 Å². The van der Waals surface area contributed by atoms with E-state index >= 15 is 0 Å². The summed E-state index contributed by atoms with van der Waals surface area (Å²) in [5, 5.41) is 2.50. The Labute approximate surface area is 167 Å². The Balaban J connectivity index is 1.97. The number of anilines is 2. The number of para-hydroxylation sites is 2. The summed E-state index contributed by atoms with van der Waals surface area (Å²) >= 11 is 0. The highest BCUT2D eigenvalue weighted by atomic mass is 15.4. The molecule has 0 radical (unpaired) electrons. The van der Waals surface area contributed by atoms with Gasteiger partial charge in [0.1, 0.15) is 0 Å². The van der Waals surface area contributed by atoms with E-state index in [1.807, 2.05) is 31.2 Å². The second-order valence-corrected chi connectivity index (χ2v) is 8.71. The summed E-state index contributed by atoms with van der Waals surface area (Å²) in [5.41, 5.74) is 4.17. The van der Waals surface area contributed by atoms with Crippen LogP contribution in [0.1, 0.15) is 38.7 Å². The van der Waals surface area contributed by atoms with Gasteiger partial charge in [-0.15, -0.1) is 0 Å². The fourth-order valence-electron chi connectivity index (χ4n) is 4.85. The minimum atomic E-state index is -2.21. The summed E-state index contributed by atoms with van der Waals surface area (Å²) in [6.45, 7) is 8.60. The maximum Gasteiger partial charge on any atom is 0.408 e. The summed E-state index contributed by atoms with van der Waals surface area (Å²) in [6, 6.07) is 16.4. The molecule has 2 aromatic carbocycles. The lowest BCUT2D eigenvalue weighted by Crippen LogP contribution is -2.62. The van der Waals surface area contributed by atoms with Crippen LogP contribution in [0.25, 0.3) is 11.2 Å². The predicted octanol–water partition coefficient (Wildman–Crippen LogP) is 3.29. The molecule has 2 heterocycles. The van der Waals surface area contributed by atoms with Crippen molar-refractivity contribution in [1.82, 2.24) is 4.81 Å². The van der Waals surface area contributed by atoms with E-state index in [1.54, 1.807) is 4.90 Å². The van der Waals surface area contributed by atoms with Crippen LogP contribution in [0.2, 0.25) is 0 Å². The average Bonchev–Trinajstić information content (AvgIpc) is 2.93. The van der Waals surface area contributed by atoms with Gasteiger partial charge >= 0.3 is 6.98 Å². The molecule has 0 saturated carbocycles. The standard InChI is InChI=1S/C23H30BN3/c1-16-18-12-8-9-13-19(18)22(23(3,4)5)26(7)24(16)27-17(2)25(6)20-14-10-11-15-21(20)27/h8-15,17H,1-7H3/t17-/m0/s1/i6D3. The van der Waals surface area contributed by atoms with Crippen molar-refractivity contribution in [2.24, 2.45) is 5.41 Å². The van der Waals surface area contributed by atoms with E-state index in [0.29, 0.717) is 0 Å². The summed E-state index contributed by atoms with van der Waals surface area (Å²) in [5.74, 6) is 0. The van der Waals surface area contributed by atoms with E-state index in [0.717, 1.165) is 11.4 Å². The normalized spacial score (nSPS) is 21.7. The van der Waals surface area contributed by atoms with Crippen LogP contribution in [0.3, 0.4) is 0 Å². The molecule has 4 heteroatoms. The lowest BCUT2D eigenvalue weighted by Gasteiger charge is -2.45. The van der Waals surface area contributed by atoms with Crippen molar-refractivity contribution < 1.29 is 4.11 Å². The predicted molar refractivity (Wildman–Crippen MR) is 118 cm³/mol. The zero-order valence-corrected chi connectivity index (χ0v) is 17.1. The van der Waals surface area contributed by atoms with Gasteiger partial charge < -0.3 is 14.5 Å². The first kappa shape index (κ1) is 14.7. The van der Waals surface area contributed by atoms with Gasteiger partial charge in [0.15, 0.2) is 0 Å². The van der Waals surface area contributed by atoms with Crippen LogP contribution in [0, 0.1) is 5.41 Å². The molecule has 0 aromatic heterocycles. The molecule has 0 bridgehead atoms. The van der Waals surface area contributed by atoms with E-state index in [-0.39, 0.29) is 18.6 Å². The smallest absolute Gasteiger partial charge is 0.397 e. The first-order chi connectivity index (χ1) is 13.9. The Morgan fingerprint density at radius 2 is 1.56 bits per heavy atom. The number of hydrogen-bond acceptors (Lipinski definition) is 3. The van der Waals surface area contributed by atoms with Crippen LogP contribution in [0.15, 0.2) is 48.5 Å². The number of fused-ring (bicyclic) bond motifs is 2. The van der Waals surface area contributed by atoms with Gasteiger partial charge in [0.05, 0.1) is 17.5 Å². The first-order valence-electron chi connectivity index (χ1n) is 11.1. The van der Waals surface area contributed by atoms with Crippen LogP contribution >= 0.6 is 0 Å². The van der Waals surface area contributed by atoms with Crippen molar-refractivity contribution in [3.05, 3.63) is 59.0 Å². The largest absolute Gasteiger partial charge is 0.408 e. The van der Waals surface area contributed by atoms with Crippen molar-refractivity contribution in [2.75, 3.05) is 23.7 Å². The van der Waals surface area contributed by atoms with Crippen molar-refractivity contribution in [1.29, 1.82) is 0 Å². The Morgan fingerprint density at radius 1 is 0.963 bits per heavy atom. The molecule has 4 rings (SSSR count). The minimum absolute atomic E-state index is 0.0595. The Morgan fingerprint density at radius 3 is 2.19 bits per heavy atom. The van der Waals surface area contributed by atoms with Gasteiger partial charge in [0.2, 0.25) is 0 Å². The number of rotatable bonds is 1. The zero-order valence-electron chi connectivity index (χ0n) is 20.1. The van der Waals surface area contributed by atoms with E-state index < -0.39 is 6.98 Å². The lowest BCUT2D eigenvalue weighted by molar-refractivity contribution is 0.478. The average molecular weight is 362 g/mol. The van der Waals surface area contributed by atoms with E-state index in [1.165, 1.54) is 21.6 Å². The highest BCUT2D eigenvalue weighted by Gasteiger charge is 2.44. The fourth-order valence-corrected chi connectivity index (χ4v) is 4.85. The molecule has 0 unspecified atom stereocenters. The van der Waals surface area contributed by atoms with E-state index in [9.17, 15) is 0 Å². The SMILES string of the molecule is [2H]C([2H])([2H])N1c2ccccc2N(B2C(C)=c3ccccc3=C(C(C)(C)C)N2C)[C@H]1C. The molecule has 0 amide bonds. The monoisotopic (exact) mass is 362 g/mol. The highest BCUT2D eigenvalue weighted by Crippen LogP contribution is 2.42. The molecule has 0 aliphatic carbocycles. The van der Waals surface area contributed by atoms with Crippen LogP contribution in [0.4, 0.5) is 11.4 Å². The summed E-state index contributed by atoms with van der Waals surface area (Å²) in [4.78, 5) is 6.17. The van der Waals surface area contributed by atoms with Gasteiger partial charge in [-0.1, -0.05) is 57.2 Å². The molecule has 2 aromatic rings. The van der Waals surface area contributed by atoms with Crippen molar-refractivity contribution in [2.45, 2.75) is 40.8 Å². The maximum atomic E-state index is 8.16. The molecule has 2 aliphatic rings. The summed E-state index contributed by atoms with van der Waals surface area (Å²) < 4.78 is 24.5. The Kier molecular flexibility index (Phi) is 3.31. The lowest BCUT2D eigenvalue weighted by atomic mass is 9.59. The van der Waals surface area contributed by atoms with Crippen LogP contribution in [-0.2, 0) is 0 Å². The van der Waals surface area contributed by atoms with Gasteiger partial charge in [0, 0.05) is 22.2 Å². The molecule has 0 fully saturated rings. The molecule has 0 N–H and O–H groups in total. The minimum Gasteiger partial charge on any atom is -0.397 e. The van der Waals surface area contributed by atoms with Crippen LogP contribution < -0.4 is 20.1 Å². The number of benzene rings is 2.